The summed E-state index contributed by atoms with van der Waals surface area (Å²) in [7, 11) is 3.68. The summed E-state index contributed by atoms with van der Waals surface area (Å²) in [6.45, 7) is 6.85. The number of aryl methyl sites for hydroxylation is 1. The number of benzene rings is 1. The van der Waals surface area contributed by atoms with Gasteiger partial charge in [-0.1, -0.05) is 30.7 Å². The number of hydrogen-bond donors (Lipinski definition) is 0. The van der Waals surface area contributed by atoms with Gasteiger partial charge in [0.05, 0.1) is 12.0 Å². The lowest BCUT2D eigenvalue weighted by Crippen LogP contribution is -2.54. The fraction of sp³-hybridized carbons (Fsp3) is 0.658. The third kappa shape index (κ3) is 7.55. The number of carbonyl (C=O) groups excluding carboxylic acids is 3. The van der Waals surface area contributed by atoms with Gasteiger partial charge in [-0.3, -0.25) is 19.2 Å². The van der Waals surface area contributed by atoms with Crippen molar-refractivity contribution < 1.29 is 19.1 Å². The highest BCUT2D eigenvalue weighted by molar-refractivity contribution is 6.30. The van der Waals surface area contributed by atoms with Crippen LogP contribution in [0.25, 0.3) is 0 Å². The van der Waals surface area contributed by atoms with E-state index in [1.807, 2.05) is 34.1 Å². The summed E-state index contributed by atoms with van der Waals surface area (Å²) in [4.78, 5) is 66.2. The summed E-state index contributed by atoms with van der Waals surface area (Å²) in [5.41, 5.74) is 0.775. The van der Waals surface area contributed by atoms with Gasteiger partial charge in [0.25, 0.3) is 11.5 Å². The minimum Gasteiger partial charge on any atom is -0.368 e. The largest absolute Gasteiger partial charge is 0.368 e. The zero-order valence-corrected chi connectivity index (χ0v) is 30.9. The summed E-state index contributed by atoms with van der Waals surface area (Å²) >= 11 is 6.29. The molecule has 5 fully saturated rings. The lowest BCUT2D eigenvalue weighted by Gasteiger charge is -2.41. The van der Waals surface area contributed by atoms with Crippen LogP contribution in [0.1, 0.15) is 63.4 Å². The molecule has 276 valence electrons. The number of halogens is 1. The van der Waals surface area contributed by atoms with Crippen molar-refractivity contribution in [3.63, 3.8) is 0 Å². The van der Waals surface area contributed by atoms with Crippen molar-refractivity contribution in [2.45, 2.75) is 82.0 Å². The number of aromatic nitrogens is 2. The molecule has 13 heteroatoms. The Morgan fingerprint density at radius 3 is 2.25 bits per heavy atom. The fourth-order valence-corrected chi connectivity index (χ4v) is 9.13. The van der Waals surface area contributed by atoms with Crippen LogP contribution >= 0.6 is 11.6 Å². The molecule has 1 aromatic heterocycles. The Morgan fingerprint density at radius 2 is 1.59 bits per heavy atom. The molecule has 4 aliphatic heterocycles. The highest BCUT2D eigenvalue weighted by atomic mass is 35.5. The van der Waals surface area contributed by atoms with E-state index in [9.17, 15) is 14.4 Å². The topological polar surface area (TPSA) is 112 Å². The predicted octanol–water partition coefficient (Wildman–Crippen LogP) is 2.98. The van der Waals surface area contributed by atoms with Gasteiger partial charge in [-0.15, -0.1) is 0 Å². The Kier molecular flexibility index (Phi) is 10.7. The van der Waals surface area contributed by atoms with E-state index in [1.165, 1.54) is 10.7 Å². The molecule has 0 radical (unpaired) electrons. The Balaban J connectivity index is 1.22. The molecule has 5 atom stereocenters. The van der Waals surface area contributed by atoms with Gasteiger partial charge in [0.1, 0.15) is 18.0 Å². The van der Waals surface area contributed by atoms with Crippen molar-refractivity contribution in [1.82, 2.24) is 29.4 Å². The molecule has 51 heavy (non-hydrogen) atoms. The molecule has 0 spiro atoms. The summed E-state index contributed by atoms with van der Waals surface area (Å²) in [6, 6.07) is 9.96. The second kappa shape index (κ2) is 15.2. The standard InChI is InChI=1S/C38H52ClN7O5/c1-25-6-12-28(13-7-25)46(38(50)33-5-4-20-51-33)29-21-32(37(49)43-18-16-41(2)17-19-43)45(22-29)36(48)31-24-44(34-14-15-35(47)42(3)40-34)23-30(31)26-8-10-27(39)11-9-26/h8-11,14-15,25,28-33H,4-7,12-13,16-24H2,1-3H3/t25?,28?,29-,30-,31+,32-,33?/m0/s1. The molecule has 1 aliphatic carbocycles. The highest BCUT2D eigenvalue weighted by Gasteiger charge is 2.51. The molecule has 2 aromatic rings. The number of nitrogens with zero attached hydrogens (tertiary/aromatic N) is 7. The second-order valence-electron chi connectivity index (χ2n) is 15.5. The molecule has 12 nitrogen and oxygen atoms in total. The maximum atomic E-state index is 15.1. The van der Waals surface area contributed by atoms with Gasteiger partial charge in [-0.2, -0.15) is 5.10 Å². The molecule has 1 aromatic carbocycles. The molecule has 0 bridgehead atoms. The van der Waals surface area contributed by atoms with Crippen molar-refractivity contribution in [3.05, 3.63) is 57.3 Å². The second-order valence-corrected chi connectivity index (χ2v) is 15.9. The van der Waals surface area contributed by atoms with E-state index in [4.69, 9.17) is 16.3 Å². The Morgan fingerprint density at radius 1 is 0.863 bits per heavy atom. The van der Waals surface area contributed by atoms with Crippen molar-refractivity contribution in [1.29, 1.82) is 0 Å². The zero-order chi connectivity index (χ0) is 35.8. The first-order valence-electron chi connectivity index (χ1n) is 18.8. The molecule has 3 amide bonds. The molecule has 5 aliphatic rings. The van der Waals surface area contributed by atoms with E-state index in [0.29, 0.717) is 68.9 Å². The van der Waals surface area contributed by atoms with Gasteiger partial charge in [0.2, 0.25) is 11.8 Å². The van der Waals surface area contributed by atoms with Gasteiger partial charge >= 0.3 is 0 Å². The number of amides is 3. The SMILES string of the molecule is CC1CCC(N(C(=O)C2CCCO2)[C@H]2C[C@@H](C(=O)N3CCN(C)CC3)N(C(=O)[C@@H]3CN(c4ccc(=O)n(C)n4)C[C@H]3c3ccc(Cl)cc3)C2)CC1. The average molecular weight is 722 g/mol. The van der Waals surface area contributed by atoms with Gasteiger partial charge in [-0.25, -0.2) is 4.68 Å². The van der Waals surface area contributed by atoms with E-state index < -0.39 is 18.1 Å². The van der Waals surface area contributed by atoms with Crippen molar-refractivity contribution >= 4 is 35.1 Å². The van der Waals surface area contributed by atoms with Gasteiger partial charge in [-0.05, 0) is 81.7 Å². The third-order valence-corrected chi connectivity index (χ3v) is 12.4. The molecular weight excluding hydrogens is 670 g/mol. The summed E-state index contributed by atoms with van der Waals surface area (Å²) in [5, 5.41) is 5.13. The van der Waals surface area contributed by atoms with Crippen LogP contribution in [0.3, 0.4) is 0 Å². The molecule has 4 saturated heterocycles. The van der Waals surface area contributed by atoms with Crippen LogP contribution in [0.5, 0.6) is 0 Å². The van der Waals surface area contributed by atoms with Crippen LogP contribution in [0.15, 0.2) is 41.2 Å². The molecule has 1 unspecified atom stereocenters. The van der Waals surface area contributed by atoms with Crippen LogP contribution in [0.4, 0.5) is 5.82 Å². The van der Waals surface area contributed by atoms with Crippen LogP contribution in [0, 0.1) is 11.8 Å². The molecular formula is C38H52ClN7O5. The number of carbonyl (C=O) groups is 3. The molecule has 5 heterocycles. The highest BCUT2D eigenvalue weighted by Crippen LogP contribution is 2.40. The molecule has 1 saturated carbocycles. The van der Waals surface area contributed by atoms with E-state index in [1.54, 1.807) is 13.1 Å². The first-order valence-corrected chi connectivity index (χ1v) is 19.2. The van der Waals surface area contributed by atoms with Crippen LogP contribution in [-0.4, -0.2) is 131 Å². The maximum absolute atomic E-state index is 15.1. The summed E-state index contributed by atoms with van der Waals surface area (Å²) in [5.74, 6) is 0.462. The Labute approximate surface area is 305 Å². The smallest absolute Gasteiger partial charge is 0.266 e. The number of ether oxygens (including phenoxy) is 1. The van der Waals surface area contributed by atoms with E-state index in [2.05, 4.69) is 33.8 Å². The normalized spacial score (nSPS) is 30.2. The lowest BCUT2D eigenvalue weighted by atomic mass is 9.85. The minimum atomic E-state index is -0.663. The number of hydrogen-bond acceptors (Lipinski definition) is 8. The third-order valence-electron chi connectivity index (χ3n) is 12.1. The maximum Gasteiger partial charge on any atom is 0.266 e. The number of piperazine rings is 1. The first kappa shape index (κ1) is 35.9. The predicted molar refractivity (Wildman–Crippen MR) is 195 cm³/mol. The molecule has 0 N–H and O–H groups in total. The van der Waals surface area contributed by atoms with Gasteiger partial charge in [0.15, 0.2) is 0 Å². The number of rotatable bonds is 7. The van der Waals surface area contributed by atoms with Crippen LogP contribution in [0.2, 0.25) is 5.02 Å². The van der Waals surface area contributed by atoms with Gasteiger partial charge in [0, 0.05) is 82.5 Å². The number of likely N-dealkylation sites (tertiary alicyclic amines) is 1. The lowest BCUT2D eigenvalue weighted by molar-refractivity contribution is -0.148. The number of likely N-dealkylation sites (N-methyl/N-ethyl adjacent to an activating group) is 1. The minimum absolute atomic E-state index is 0.0176. The summed E-state index contributed by atoms with van der Waals surface area (Å²) in [6.07, 6.45) is 5.47. The molecule has 7 rings (SSSR count). The van der Waals surface area contributed by atoms with E-state index in [-0.39, 0.29) is 41.3 Å². The monoisotopic (exact) mass is 721 g/mol. The van der Waals surface area contributed by atoms with Crippen LogP contribution < -0.4 is 10.5 Å². The first-order chi connectivity index (χ1) is 24.6. The number of anilines is 1. The average Bonchev–Trinajstić information content (AvgIpc) is 3.92. The quantitative estimate of drug-likeness (QED) is 0.430. The van der Waals surface area contributed by atoms with E-state index >= 15 is 4.79 Å². The Bertz CT molecular complexity index is 1630. The Hall–Kier alpha value is -3.48. The van der Waals surface area contributed by atoms with Crippen molar-refractivity contribution in [3.8, 4) is 0 Å². The zero-order valence-electron chi connectivity index (χ0n) is 30.2. The summed E-state index contributed by atoms with van der Waals surface area (Å²) < 4.78 is 7.26. The fourth-order valence-electron chi connectivity index (χ4n) is 9.01. The van der Waals surface area contributed by atoms with Crippen LogP contribution in [-0.2, 0) is 26.2 Å². The van der Waals surface area contributed by atoms with Crippen molar-refractivity contribution in [2.24, 2.45) is 18.9 Å². The van der Waals surface area contributed by atoms with Gasteiger partial charge < -0.3 is 29.2 Å². The van der Waals surface area contributed by atoms with Crippen molar-refractivity contribution in [2.75, 3.05) is 64.4 Å². The van der Waals surface area contributed by atoms with E-state index in [0.717, 1.165) is 50.8 Å².